The minimum Gasteiger partial charge on any atom is -0.335 e. The maximum atomic E-state index is 12.5. The van der Waals surface area contributed by atoms with Crippen LogP contribution in [0, 0.1) is 0 Å². The van der Waals surface area contributed by atoms with Crippen molar-refractivity contribution in [3.8, 4) is 0 Å². The molecule has 0 saturated carbocycles. The van der Waals surface area contributed by atoms with E-state index in [1.807, 2.05) is 22.6 Å². The van der Waals surface area contributed by atoms with Gasteiger partial charge in [0.05, 0.1) is 6.33 Å². The molecule has 2 aliphatic rings. The summed E-state index contributed by atoms with van der Waals surface area (Å²) in [5.41, 5.74) is 0. The number of likely N-dealkylation sites (tertiary alicyclic amines) is 2. The Morgan fingerprint density at radius 1 is 1.32 bits per heavy atom. The summed E-state index contributed by atoms with van der Waals surface area (Å²) in [6.45, 7) is 6.97. The summed E-state index contributed by atoms with van der Waals surface area (Å²) in [7, 11) is 0. The molecule has 3 heterocycles. The van der Waals surface area contributed by atoms with Crippen molar-refractivity contribution >= 4 is 6.03 Å². The number of amides is 2. The van der Waals surface area contributed by atoms with Crippen molar-refractivity contribution < 1.29 is 4.79 Å². The number of hydrogen-bond acceptors (Lipinski definition) is 3. The molecule has 0 unspecified atom stereocenters. The van der Waals surface area contributed by atoms with E-state index in [2.05, 4.69) is 15.2 Å². The normalized spacial score (nSPS) is 24.4. The molecule has 2 atom stereocenters. The van der Waals surface area contributed by atoms with Crippen molar-refractivity contribution in [3.63, 3.8) is 0 Å². The van der Waals surface area contributed by atoms with Crippen LogP contribution in [0.15, 0.2) is 18.7 Å². The van der Waals surface area contributed by atoms with E-state index in [0.717, 1.165) is 26.1 Å². The lowest BCUT2D eigenvalue weighted by atomic mass is 10.0. The van der Waals surface area contributed by atoms with Gasteiger partial charge in [-0.2, -0.15) is 0 Å². The fourth-order valence-electron chi connectivity index (χ4n) is 3.60. The van der Waals surface area contributed by atoms with Crippen molar-refractivity contribution in [2.45, 2.75) is 51.2 Å². The Balaban J connectivity index is 1.48. The van der Waals surface area contributed by atoms with Crippen LogP contribution in [0.5, 0.6) is 0 Å². The van der Waals surface area contributed by atoms with Gasteiger partial charge in [0.25, 0.3) is 0 Å². The summed E-state index contributed by atoms with van der Waals surface area (Å²) in [4.78, 5) is 21.1. The molecule has 122 valence electrons. The van der Waals surface area contributed by atoms with E-state index in [-0.39, 0.29) is 12.1 Å². The van der Waals surface area contributed by atoms with Crippen LogP contribution in [0.2, 0.25) is 0 Å². The standard InChI is InChI=1S/C16H27N5O/c1-14(11-19-10-6-17-13-19)18-16(22)21-9-4-5-15(12-21)20-7-2-3-8-20/h6,10,13-15H,2-5,7-9,11-12H2,1H3,(H,18,22)/t14-,15-/m1/s1. The van der Waals surface area contributed by atoms with Crippen LogP contribution in [-0.2, 0) is 6.54 Å². The summed E-state index contributed by atoms with van der Waals surface area (Å²) in [5, 5.41) is 3.12. The quantitative estimate of drug-likeness (QED) is 0.918. The van der Waals surface area contributed by atoms with Crippen LogP contribution in [0.1, 0.15) is 32.6 Å². The maximum absolute atomic E-state index is 12.5. The second-order valence-electron chi connectivity index (χ2n) is 6.60. The average molecular weight is 305 g/mol. The fraction of sp³-hybridized carbons (Fsp3) is 0.750. The third-order valence-electron chi connectivity index (χ3n) is 4.75. The van der Waals surface area contributed by atoms with Crippen LogP contribution >= 0.6 is 0 Å². The molecular formula is C16H27N5O. The molecule has 1 aromatic heterocycles. The third kappa shape index (κ3) is 3.80. The number of carbonyl (C=O) groups excluding carboxylic acids is 1. The van der Waals surface area contributed by atoms with Gasteiger partial charge < -0.3 is 14.8 Å². The van der Waals surface area contributed by atoms with Gasteiger partial charge in [-0.1, -0.05) is 0 Å². The van der Waals surface area contributed by atoms with Crippen molar-refractivity contribution in [1.82, 2.24) is 24.7 Å². The first-order valence-electron chi connectivity index (χ1n) is 8.47. The number of hydrogen-bond donors (Lipinski definition) is 1. The van der Waals surface area contributed by atoms with Gasteiger partial charge in [0.1, 0.15) is 0 Å². The molecule has 0 radical (unpaired) electrons. The van der Waals surface area contributed by atoms with Crippen LogP contribution in [0.25, 0.3) is 0 Å². The number of nitrogens with one attached hydrogen (secondary N) is 1. The van der Waals surface area contributed by atoms with Gasteiger partial charge in [0, 0.05) is 44.1 Å². The Labute approximate surface area is 132 Å². The van der Waals surface area contributed by atoms with E-state index in [1.54, 1.807) is 12.5 Å². The van der Waals surface area contributed by atoms with Crippen molar-refractivity contribution in [3.05, 3.63) is 18.7 Å². The molecule has 2 fully saturated rings. The first-order valence-corrected chi connectivity index (χ1v) is 8.47. The molecule has 0 bridgehead atoms. The zero-order chi connectivity index (χ0) is 15.4. The van der Waals surface area contributed by atoms with E-state index < -0.39 is 0 Å². The topological polar surface area (TPSA) is 53.4 Å². The van der Waals surface area contributed by atoms with E-state index in [0.29, 0.717) is 6.04 Å². The monoisotopic (exact) mass is 305 g/mol. The van der Waals surface area contributed by atoms with Gasteiger partial charge in [0.15, 0.2) is 0 Å². The first-order chi connectivity index (χ1) is 10.7. The number of carbonyl (C=O) groups is 1. The largest absolute Gasteiger partial charge is 0.335 e. The van der Waals surface area contributed by atoms with E-state index >= 15 is 0 Å². The highest BCUT2D eigenvalue weighted by Gasteiger charge is 2.29. The van der Waals surface area contributed by atoms with Gasteiger partial charge in [-0.15, -0.1) is 0 Å². The molecule has 2 aliphatic heterocycles. The number of rotatable bonds is 4. The summed E-state index contributed by atoms with van der Waals surface area (Å²) in [5.74, 6) is 0. The predicted octanol–water partition coefficient (Wildman–Crippen LogP) is 1.54. The van der Waals surface area contributed by atoms with E-state index in [4.69, 9.17) is 0 Å². The predicted molar refractivity (Wildman–Crippen MR) is 85.6 cm³/mol. The van der Waals surface area contributed by atoms with Crippen LogP contribution in [0.4, 0.5) is 4.79 Å². The second kappa shape index (κ2) is 7.13. The second-order valence-corrected chi connectivity index (χ2v) is 6.60. The fourth-order valence-corrected chi connectivity index (χ4v) is 3.60. The lowest BCUT2D eigenvalue weighted by molar-refractivity contribution is 0.123. The molecule has 6 heteroatoms. The third-order valence-corrected chi connectivity index (χ3v) is 4.75. The van der Waals surface area contributed by atoms with Crippen LogP contribution in [-0.4, -0.2) is 63.6 Å². The summed E-state index contributed by atoms with van der Waals surface area (Å²) >= 11 is 0. The Morgan fingerprint density at radius 3 is 2.86 bits per heavy atom. The Hall–Kier alpha value is -1.56. The number of nitrogens with zero attached hydrogens (tertiary/aromatic N) is 4. The molecule has 0 aliphatic carbocycles. The lowest BCUT2D eigenvalue weighted by Gasteiger charge is -2.38. The molecule has 2 saturated heterocycles. The molecule has 1 aromatic rings. The molecular weight excluding hydrogens is 278 g/mol. The molecule has 0 aromatic carbocycles. The first kappa shape index (κ1) is 15.3. The summed E-state index contributed by atoms with van der Waals surface area (Å²) in [6.07, 6.45) is 10.4. The van der Waals surface area contributed by atoms with Gasteiger partial charge >= 0.3 is 6.03 Å². The van der Waals surface area contributed by atoms with E-state index in [1.165, 1.54) is 32.4 Å². The minimum atomic E-state index is 0.0801. The highest BCUT2D eigenvalue weighted by Crippen LogP contribution is 2.20. The SMILES string of the molecule is C[C@H](Cn1ccnc1)NC(=O)N1CCC[C@@H](N2CCCC2)C1. The van der Waals surface area contributed by atoms with E-state index in [9.17, 15) is 4.79 Å². The Kier molecular flexibility index (Phi) is 4.97. The smallest absolute Gasteiger partial charge is 0.317 e. The molecule has 0 spiro atoms. The minimum absolute atomic E-state index is 0.0801. The van der Waals surface area contributed by atoms with Gasteiger partial charge in [-0.25, -0.2) is 9.78 Å². The highest BCUT2D eigenvalue weighted by atomic mass is 16.2. The molecule has 3 rings (SSSR count). The Bertz CT molecular complexity index is 469. The molecule has 2 amide bonds. The van der Waals surface area contributed by atoms with Crippen LogP contribution in [0.3, 0.4) is 0 Å². The maximum Gasteiger partial charge on any atom is 0.317 e. The molecule has 22 heavy (non-hydrogen) atoms. The Morgan fingerprint density at radius 2 is 2.14 bits per heavy atom. The number of urea groups is 1. The average Bonchev–Trinajstić information content (AvgIpc) is 3.20. The van der Waals surface area contributed by atoms with Crippen molar-refractivity contribution in [2.24, 2.45) is 0 Å². The van der Waals surface area contributed by atoms with Gasteiger partial charge in [0.2, 0.25) is 0 Å². The van der Waals surface area contributed by atoms with Crippen LogP contribution < -0.4 is 5.32 Å². The number of aromatic nitrogens is 2. The highest BCUT2D eigenvalue weighted by molar-refractivity contribution is 5.74. The van der Waals surface area contributed by atoms with Gasteiger partial charge in [-0.05, 0) is 45.7 Å². The van der Waals surface area contributed by atoms with Crippen molar-refractivity contribution in [2.75, 3.05) is 26.2 Å². The molecule has 6 nitrogen and oxygen atoms in total. The van der Waals surface area contributed by atoms with Gasteiger partial charge in [-0.3, -0.25) is 4.90 Å². The summed E-state index contributed by atoms with van der Waals surface area (Å²) < 4.78 is 1.99. The number of imidazole rings is 1. The van der Waals surface area contributed by atoms with Crippen molar-refractivity contribution in [1.29, 1.82) is 0 Å². The number of piperidine rings is 1. The molecule has 1 N–H and O–H groups in total. The lowest BCUT2D eigenvalue weighted by Crippen LogP contribution is -2.53. The zero-order valence-corrected chi connectivity index (χ0v) is 13.4. The zero-order valence-electron chi connectivity index (χ0n) is 13.4. The summed E-state index contributed by atoms with van der Waals surface area (Å²) in [6, 6.07) is 0.747.